The minimum atomic E-state index is 1.28. The summed E-state index contributed by atoms with van der Waals surface area (Å²) in [7, 11) is 0. The van der Waals surface area contributed by atoms with E-state index >= 15 is 0 Å². The lowest BCUT2D eigenvalue weighted by atomic mass is 9.84. The van der Waals surface area contributed by atoms with Gasteiger partial charge in [-0.2, -0.15) is 0 Å². The normalized spacial score (nSPS) is 10.0. The van der Waals surface area contributed by atoms with Crippen LogP contribution in [0.1, 0.15) is 74.9 Å². The standard InChI is InChI=1S/C30H26.C14H14.3C2H6/c1-19-5-11-23(12-6-19)29-25-15-9-22(4)18-28(25)30(24-13-7-20(2)8-14-24)26-16-10-21(3)17-27(26)29;1-11-7-3-5-9-13(11)14-10-6-4-8-12(14)2;3*1-2/h5-18H,1-4H3;3-10H,1-2H3;3*1-2H3. The summed E-state index contributed by atoms with van der Waals surface area (Å²) in [5.41, 5.74) is 15.7. The highest BCUT2D eigenvalue weighted by Crippen LogP contribution is 2.44. The van der Waals surface area contributed by atoms with Crippen molar-refractivity contribution < 1.29 is 0 Å². The predicted octanol–water partition coefficient (Wildman–Crippen LogP) is 15.6. The van der Waals surface area contributed by atoms with Gasteiger partial charge < -0.3 is 0 Å². The number of rotatable bonds is 3. The van der Waals surface area contributed by atoms with Gasteiger partial charge in [0.15, 0.2) is 0 Å². The minimum absolute atomic E-state index is 1.28. The first-order valence-corrected chi connectivity index (χ1v) is 18.5. The van der Waals surface area contributed by atoms with E-state index in [0.29, 0.717) is 0 Å². The molecule has 7 aromatic carbocycles. The molecular weight excluding hydrogens is 601 g/mol. The van der Waals surface area contributed by atoms with Crippen molar-refractivity contribution in [1.29, 1.82) is 0 Å². The quantitative estimate of drug-likeness (QED) is 0.166. The summed E-state index contributed by atoms with van der Waals surface area (Å²) in [6.07, 6.45) is 0. The molecule has 0 aliphatic carbocycles. The van der Waals surface area contributed by atoms with Crippen LogP contribution in [0, 0.1) is 41.5 Å². The van der Waals surface area contributed by atoms with E-state index in [4.69, 9.17) is 0 Å². The summed E-state index contributed by atoms with van der Waals surface area (Å²) in [4.78, 5) is 0. The minimum Gasteiger partial charge on any atom is -0.0683 e. The van der Waals surface area contributed by atoms with Gasteiger partial charge in [0.05, 0.1) is 0 Å². The van der Waals surface area contributed by atoms with Crippen LogP contribution >= 0.6 is 0 Å². The van der Waals surface area contributed by atoms with Crippen molar-refractivity contribution in [2.24, 2.45) is 0 Å². The van der Waals surface area contributed by atoms with Gasteiger partial charge in [0.25, 0.3) is 0 Å². The predicted molar refractivity (Wildman–Crippen MR) is 227 cm³/mol. The third-order valence-corrected chi connectivity index (χ3v) is 8.69. The van der Waals surface area contributed by atoms with Crippen LogP contribution in [-0.2, 0) is 0 Å². The van der Waals surface area contributed by atoms with Crippen LogP contribution in [0.4, 0.5) is 0 Å². The molecule has 0 atom stereocenters. The van der Waals surface area contributed by atoms with E-state index in [-0.39, 0.29) is 0 Å². The van der Waals surface area contributed by atoms with Gasteiger partial charge in [-0.05, 0) is 108 Å². The first kappa shape index (κ1) is 39.5. The maximum absolute atomic E-state index is 2.35. The van der Waals surface area contributed by atoms with Crippen molar-refractivity contribution in [3.8, 4) is 33.4 Å². The van der Waals surface area contributed by atoms with Crippen molar-refractivity contribution in [1.82, 2.24) is 0 Å². The Morgan fingerprint density at radius 3 is 0.900 bits per heavy atom. The fraction of sp³-hybridized carbons (Fsp3) is 0.240. The maximum atomic E-state index is 2.35. The second-order valence-electron chi connectivity index (χ2n) is 12.2. The van der Waals surface area contributed by atoms with Gasteiger partial charge in [-0.1, -0.05) is 197 Å². The largest absolute Gasteiger partial charge is 0.0683 e. The van der Waals surface area contributed by atoms with E-state index in [1.54, 1.807) is 0 Å². The molecule has 0 aliphatic heterocycles. The van der Waals surface area contributed by atoms with E-state index in [1.165, 1.54) is 88.3 Å². The Morgan fingerprint density at radius 1 is 0.280 bits per heavy atom. The Hall–Kier alpha value is -4.94. The molecule has 0 fully saturated rings. The first-order valence-electron chi connectivity index (χ1n) is 18.5. The summed E-state index contributed by atoms with van der Waals surface area (Å²) >= 11 is 0. The van der Waals surface area contributed by atoms with Crippen molar-refractivity contribution >= 4 is 21.5 Å². The highest BCUT2D eigenvalue weighted by molar-refractivity contribution is 6.21. The molecule has 0 N–H and O–H groups in total. The van der Waals surface area contributed by atoms with E-state index < -0.39 is 0 Å². The molecule has 7 rings (SSSR count). The van der Waals surface area contributed by atoms with E-state index in [1.807, 2.05) is 41.5 Å². The lowest BCUT2D eigenvalue weighted by Gasteiger charge is -2.19. The summed E-state index contributed by atoms with van der Waals surface area (Å²) < 4.78 is 0. The highest BCUT2D eigenvalue weighted by atomic mass is 14.2. The fourth-order valence-electron chi connectivity index (χ4n) is 6.27. The second-order valence-corrected chi connectivity index (χ2v) is 12.2. The average molecular weight is 659 g/mol. The molecule has 0 aromatic heterocycles. The monoisotopic (exact) mass is 658 g/mol. The third-order valence-electron chi connectivity index (χ3n) is 8.69. The Morgan fingerprint density at radius 2 is 0.580 bits per heavy atom. The average Bonchev–Trinajstić information content (AvgIpc) is 3.15. The molecule has 0 saturated heterocycles. The molecule has 0 saturated carbocycles. The lowest BCUT2D eigenvalue weighted by molar-refractivity contribution is 1.41. The van der Waals surface area contributed by atoms with Gasteiger partial charge in [0, 0.05) is 0 Å². The van der Waals surface area contributed by atoms with Crippen LogP contribution in [0.15, 0.2) is 133 Å². The van der Waals surface area contributed by atoms with Gasteiger partial charge in [-0.15, -0.1) is 0 Å². The van der Waals surface area contributed by atoms with Crippen LogP contribution in [0.3, 0.4) is 0 Å². The van der Waals surface area contributed by atoms with E-state index in [2.05, 4.69) is 175 Å². The molecule has 0 nitrogen and oxygen atoms in total. The molecule has 0 amide bonds. The van der Waals surface area contributed by atoms with Crippen molar-refractivity contribution in [2.45, 2.75) is 83.1 Å². The third kappa shape index (κ3) is 9.19. The summed E-state index contributed by atoms with van der Waals surface area (Å²) in [5, 5.41) is 5.29. The van der Waals surface area contributed by atoms with Crippen LogP contribution in [0.2, 0.25) is 0 Å². The molecule has 0 heteroatoms. The number of hydrogen-bond acceptors (Lipinski definition) is 0. The Labute approximate surface area is 303 Å². The number of hydrogen-bond donors (Lipinski definition) is 0. The molecule has 0 spiro atoms. The van der Waals surface area contributed by atoms with Crippen molar-refractivity contribution in [2.75, 3.05) is 0 Å². The number of benzene rings is 7. The molecule has 0 unspecified atom stereocenters. The van der Waals surface area contributed by atoms with Gasteiger partial charge in [0.1, 0.15) is 0 Å². The number of aryl methyl sites for hydroxylation is 6. The summed E-state index contributed by atoms with van der Waals surface area (Å²) in [6.45, 7) is 25.0. The maximum Gasteiger partial charge on any atom is -0.00263 e. The molecule has 258 valence electrons. The Kier molecular flexibility index (Phi) is 15.2. The Balaban J connectivity index is 0.000000283. The van der Waals surface area contributed by atoms with Gasteiger partial charge >= 0.3 is 0 Å². The van der Waals surface area contributed by atoms with Crippen LogP contribution < -0.4 is 0 Å². The van der Waals surface area contributed by atoms with Crippen LogP contribution in [0.25, 0.3) is 54.9 Å². The zero-order chi connectivity index (χ0) is 36.8. The van der Waals surface area contributed by atoms with E-state index in [9.17, 15) is 0 Å². The first-order chi connectivity index (χ1) is 24.3. The second kappa shape index (κ2) is 19.3. The highest BCUT2D eigenvalue weighted by Gasteiger charge is 2.17. The zero-order valence-electron chi connectivity index (χ0n) is 32.7. The Bertz CT molecular complexity index is 1940. The van der Waals surface area contributed by atoms with E-state index in [0.717, 1.165) is 0 Å². The SMILES string of the molecule is CC.CC.CC.Cc1ccc(-c2c3ccc(C)cc3c(-c3ccc(C)cc3)c3ccc(C)cc23)cc1.Cc1ccccc1-c1ccccc1C. The molecular formula is C50H58. The summed E-state index contributed by atoms with van der Waals surface area (Å²) in [5.74, 6) is 0. The lowest BCUT2D eigenvalue weighted by Crippen LogP contribution is -1.92. The molecule has 7 aromatic rings. The van der Waals surface area contributed by atoms with Gasteiger partial charge in [-0.3, -0.25) is 0 Å². The molecule has 50 heavy (non-hydrogen) atoms. The molecule has 0 radical (unpaired) electrons. The van der Waals surface area contributed by atoms with Crippen LogP contribution in [0.5, 0.6) is 0 Å². The van der Waals surface area contributed by atoms with Crippen molar-refractivity contribution in [3.05, 3.63) is 167 Å². The molecule has 0 heterocycles. The molecule has 0 bridgehead atoms. The number of fused-ring (bicyclic) bond motifs is 2. The van der Waals surface area contributed by atoms with Crippen LogP contribution in [-0.4, -0.2) is 0 Å². The summed E-state index contributed by atoms with van der Waals surface area (Å²) in [6, 6.07) is 48.7. The fourth-order valence-corrected chi connectivity index (χ4v) is 6.27. The molecule has 0 aliphatic rings. The van der Waals surface area contributed by atoms with Gasteiger partial charge in [0.2, 0.25) is 0 Å². The van der Waals surface area contributed by atoms with Crippen molar-refractivity contribution in [3.63, 3.8) is 0 Å². The smallest absolute Gasteiger partial charge is 0.00263 e. The zero-order valence-corrected chi connectivity index (χ0v) is 32.7. The topological polar surface area (TPSA) is 0 Å². The van der Waals surface area contributed by atoms with Gasteiger partial charge in [-0.25, -0.2) is 0 Å².